The van der Waals surface area contributed by atoms with Crippen molar-refractivity contribution in [3.63, 3.8) is 0 Å². The van der Waals surface area contributed by atoms with Crippen LogP contribution in [0.15, 0.2) is 34.1 Å². The van der Waals surface area contributed by atoms with Crippen molar-refractivity contribution in [1.29, 1.82) is 0 Å². The van der Waals surface area contributed by atoms with E-state index in [2.05, 4.69) is 25.3 Å². The number of hydrogen-bond acceptors (Lipinski definition) is 2. The van der Waals surface area contributed by atoms with Crippen molar-refractivity contribution < 1.29 is 8.78 Å². The topological polar surface area (TPSA) is 0 Å². The normalized spacial score (nSPS) is 10.8. The first-order chi connectivity index (χ1) is 8.40. The summed E-state index contributed by atoms with van der Waals surface area (Å²) in [6.07, 6.45) is 0. The van der Waals surface area contributed by atoms with E-state index >= 15 is 0 Å². The van der Waals surface area contributed by atoms with Crippen LogP contribution in [0.5, 0.6) is 0 Å². The van der Waals surface area contributed by atoms with E-state index in [9.17, 15) is 8.78 Å². The molecular weight excluding hydrogens is 317 g/mol. The Bertz CT molecular complexity index is 574. The van der Waals surface area contributed by atoms with Crippen LogP contribution in [0.2, 0.25) is 10.0 Å². The molecule has 0 atom stereocenters. The van der Waals surface area contributed by atoms with Gasteiger partial charge in [-0.3, -0.25) is 0 Å². The third kappa shape index (κ3) is 2.62. The molecule has 0 nitrogen and oxygen atoms in total. The lowest BCUT2D eigenvalue weighted by Gasteiger charge is -2.09. The van der Waals surface area contributed by atoms with Crippen LogP contribution in [0.4, 0.5) is 8.78 Å². The van der Waals surface area contributed by atoms with Gasteiger partial charge in [0.15, 0.2) is 0 Å². The molecule has 0 saturated heterocycles. The minimum Gasteiger partial charge on any atom is -0.206 e. The quantitative estimate of drug-likeness (QED) is 0.635. The van der Waals surface area contributed by atoms with Crippen LogP contribution in [0.3, 0.4) is 0 Å². The maximum Gasteiger partial charge on any atom is 0.132 e. The molecule has 0 N–H and O–H groups in total. The molecule has 0 aliphatic heterocycles. The van der Waals surface area contributed by atoms with Gasteiger partial charge < -0.3 is 0 Å². The summed E-state index contributed by atoms with van der Waals surface area (Å²) in [6.45, 7) is 0. The first kappa shape index (κ1) is 14.0. The maximum atomic E-state index is 13.8. The molecule has 0 fully saturated rings. The lowest BCUT2D eigenvalue weighted by molar-refractivity contribution is 0.615. The predicted octanol–water partition coefficient (Wildman–Crippen LogP) is 5.52. The van der Waals surface area contributed by atoms with Crippen LogP contribution < -0.4 is 0 Å². The average Bonchev–Trinajstić information content (AvgIpc) is 2.29. The summed E-state index contributed by atoms with van der Waals surface area (Å²) < 4.78 is 27.6. The van der Waals surface area contributed by atoms with Gasteiger partial charge in [-0.25, -0.2) is 8.78 Å². The average molecular weight is 323 g/mol. The molecule has 0 amide bonds. The van der Waals surface area contributed by atoms with E-state index in [1.165, 1.54) is 12.1 Å². The smallest absolute Gasteiger partial charge is 0.132 e. The minimum atomic E-state index is -0.633. The van der Waals surface area contributed by atoms with Crippen molar-refractivity contribution in [2.45, 2.75) is 9.79 Å². The number of thiol groups is 2. The zero-order chi connectivity index (χ0) is 13.4. The molecule has 0 spiro atoms. The van der Waals surface area contributed by atoms with E-state index in [4.69, 9.17) is 23.2 Å². The summed E-state index contributed by atoms with van der Waals surface area (Å²) >= 11 is 19.6. The largest absolute Gasteiger partial charge is 0.206 e. The molecule has 0 aromatic heterocycles. The van der Waals surface area contributed by atoms with Crippen molar-refractivity contribution >= 4 is 48.5 Å². The van der Waals surface area contributed by atoms with Crippen molar-refractivity contribution in [3.8, 4) is 11.1 Å². The fourth-order valence-corrected chi connectivity index (χ4v) is 2.18. The zero-order valence-electron chi connectivity index (χ0n) is 8.72. The van der Waals surface area contributed by atoms with Gasteiger partial charge in [0.25, 0.3) is 0 Å². The molecule has 2 aromatic carbocycles. The van der Waals surface area contributed by atoms with Gasteiger partial charge in [0.1, 0.15) is 11.6 Å². The van der Waals surface area contributed by atoms with E-state index in [1.54, 1.807) is 0 Å². The van der Waals surface area contributed by atoms with Crippen molar-refractivity contribution in [3.05, 3.63) is 45.9 Å². The molecule has 0 radical (unpaired) electrons. The summed E-state index contributed by atoms with van der Waals surface area (Å²) in [4.78, 5) is 0.728. The Morgan fingerprint density at radius 3 is 1.39 bits per heavy atom. The highest BCUT2D eigenvalue weighted by Gasteiger charge is 2.14. The number of rotatable bonds is 1. The van der Waals surface area contributed by atoms with Crippen LogP contribution in [-0.2, 0) is 0 Å². The minimum absolute atomic E-state index is 0.0638. The summed E-state index contributed by atoms with van der Waals surface area (Å²) in [5.41, 5.74) is 0.128. The van der Waals surface area contributed by atoms with Crippen LogP contribution >= 0.6 is 48.5 Å². The molecule has 0 aliphatic rings. The van der Waals surface area contributed by atoms with Gasteiger partial charge in [0.2, 0.25) is 0 Å². The second kappa shape index (κ2) is 5.29. The van der Waals surface area contributed by atoms with E-state index in [0.29, 0.717) is 9.79 Å². The molecular formula is C12H6Cl2F2S2. The van der Waals surface area contributed by atoms with Crippen molar-refractivity contribution in [1.82, 2.24) is 0 Å². The third-order valence-corrected chi connectivity index (χ3v) is 3.99. The summed E-state index contributed by atoms with van der Waals surface area (Å²) in [5.74, 6) is -1.27. The van der Waals surface area contributed by atoms with Crippen LogP contribution in [-0.4, -0.2) is 0 Å². The Kier molecular flexibility index (Phi) is 4.11. The summed E-state index contributed by atoms with van der Waals surface area (Å²) in [7, 11) is 0. The number of benzene rings is 2. The van der Waals surface area contributed by atoms with Gasteiger partial charge in [-0.2, -0.15) is 0 Å². The molecule has 0 bridgehead atoms. The van der Waals surface area contributed by atoms with E-state index in [0.717, 1.165) is 12.1 Å². The van der Waals surface area contributed by atoms with Gasteiger partial charge in [-0.1, -0.05) is 23.2 Å². The zero-order valence-corrected chi connectivity index (χ0v) is 12.0. The molecule has 0 aliphatic carbocycles. The van der Waals surface area contributed by atoms with E-state index < -0.39 is 11.6 Å². The van der Waals surface area contributed by atoms with Gasteiger partial charge in [0.05, 0.1) is 10.0 Å². The SMILES string of the molecule is Fc1cc(Cl)c(S)cc1-c1cc(S)c(Cl)cc1F. The van der Waals surface area contributed by atoms with E-state index in [-0.39, 0.29) is 21.2 Å². The first-order valence-electron chi connectivity index (χ1n) is 4.76. The Morgan fingerprint density at radius 2 is 1.06 bits per heavy atom. The Balaban J connectivity index is 2.69. The van der Waals surface area contributed by atoms with Crippen molar-refractivity contribution in [2.75, 3.05) is 0 Å². The molecule has 0 saturated carbocycles. The fraction of sp³-hybridized carbons (Fsp3) is 0. The van der Waals surface area contributed by atoms with Crippen LogP contribution in [0.1, 0.15) is 0 Å². The number of hydrogen-bond donors (Lipinski definition) is 2. The summed E-state index contributed by atoms with van der Waals surface area (Å²) in [6, 6.07) is 4.90. The first-order valence-corrected chi connectivity index (χ1v) is 6.41. The molecule has 0 unspecified atom stereocenters. The lowest BCUT2D eigenvalue weighted by Crippen LogP contribution is -1.91. The Hall–Kier alpha value is -0.420. The summed E-state index contributed by atoms with van der Waals surface area (Å²) in [5, 5.41) is 0.333. The highest BCUT2D eigenvalue weighted by molar-refractivity contribution is 7.80. The predicted molar refractivity (Wildman–Crippen MR) is 76.3 cm³/mol. The fourth-order valence-electron chi connectivity index (χ4n) is 1.49. The molecule has 6 heteroatoms. The van der Waals surface area contributed by atoms with Crippen molar-refractivity contribution in [2.24, 2.45) is 0 Å². The molecule has 0 heterocycles. The second-order valence-corrected chi connectivity index (χ2v) is 5.34. The Morgan fingerprint density at radius 1 is 0.722 bits per heavy atom. The molecule has 2 aromatic rings. The third-order valence-electron chi connectivity index (χ3n) is 2.36. The highest BCUT2D eigenvalue weighted by Crippen LogP contribution is 2.35. The molecule has 18 heavy (non-hydrogen) atoms. The van der Waals surface area contributed by atoms with Gasteiger partial charge in [0, 0.05) is 20.9 Å². The standard InChI is InChI=1S/C12H6Cl2F2S2/c13-7-3-9(15)5(1-11(7)17)6-2-12(18)8(14)4-10(6)16/h1-4,17-18H. The van der Waals surface area contributed by atoms with E-state index in [1.807, 2.05) is 0 Å². The maximum absolute atomic E-state index is 13.8. The second-order valence-electron chi connectivity index (χ2n) is 3.57. The Labute approximate surface area is 124 Å². The molecule has 94 valence electrons. The van der Waals surface area contributed by atoms with Gasteiger partial charge >= 0.3 is 0 Å². The number of halogens is 4. The van der Waals surface area contributed by atoms with Gasteiger partial charge in [-0.15, -0.1) is 25.3 Å². The highest BCUT2D eigenvalue weighted by atomic mass is 35.5. The van der Waals surface area contributed by atoms with Crippen LogP contribution in [0, 0.1) is 11.6 Å². The molecule has 2 rings (SSSR count). The van der Waals surface area contributed by atoms with Crippen LogP contribution in [0.25, 0.3) is 11.1 Å². The lowest BCUT2D eigenvalue weighted by atomic mass is 10.0. The monoisotopic (exact) mass is 322 g/mol. The van der Waals surface area contributed by atoms with Gasteiger partial charge in [-0.05, 0) is 24.3 Å².